The SMILES string of the molecule is CNc1cc(N(C)C(C)COC)nc(N)n1. The Morgan fingerprint density at radius 1 is 1.56 bits per heavy atom. The molecule has 90 valence electrons. The van der Waals surface area contributed by atoms with Gasteiger partial charge in [-0.05, 0) is 6.92 Å². The van der Waals surface area contributed by atoms with Crippen LogP contribution in [0.15, 0.2) is 6.07 Å². The van der Waals surface area contributed by atoms with Gasteiger partial charge in [0.05, 0.1) is 12.6 Å². The molecule has 1 unspecified atom stereocenters. The Labute approximate surface area is 95.8 Å². The summed E-state index contributed by atoms with van der Waals surface area (Å²) in [7, 11) is 5.42. The van der Waals surface area contributed by atoms with Crippen LogP contribution >= 0.6 is 0 Å². The number of nitrogens with zero attached hydrogens (tertiary/aromatic N) is 3. The van der Waals surface area contributed by atoms with Crippen LogP contribution in [-0.4, -0.2) is 43.8 Å². The van der Waals surface area contributed by atoms with Crippen LogP contribution in [0.4, 0.5) is 17.6 Å². The molecule has 0 fully saturated rings. The number of nitrogens with one attached hydrogen (secondary N) is 1. The van der Waals surface area contributed by atoms with E-state index in [-0.39, 0.29) is 12.0 Å². The summed E-state index contributed by atoms with van der Waals surface area (Å²) in [5, 5.41) is 2.94. The summed E-state index contributed by atoms with van der Waals surface area (Å²) < 4.78 is 5.10. The average Bonchev–Trinajstić information content (AvgIpc) is 2.27. The van der Waals surface area contributed by atoms with Gasteiger partial charge in [-0.3, -0.25) is 0 Å². The highest BCUT2D eigenvalue weighted by Gasteiger charge is 2.12. The van der Waals surface area contributed by atoms with Gasteiger partial charge >= 0.3 is 0 Å². The van der Waals surface area contributed by atoms with E-state index in [0.717, 1.165) is 5.82 Å². The maximum Gasteiger partial charge on any atom is 0.223 e. The highest BCUT2D eigenvalue weighted by molar-refractivity contribution is 5.52. The molecule has 1 heterocycles. The average molecular weight is 225 g/mol. The van der Waals surface area contributed by atoms with Crippen molar-refractivity contribution in [3.05, 3.63) is 6.07 Å². The predicted octanol–water partition coefficient (Wildman–Crippen LogP) is 0.572. The molecule has 6 nitrogen and oxygen atoms in total. The molecular formula is C10H19N5O. The van der Waals surface area contributed by atoms with Crippen molar-refractivity contribution in [2.75, 3.05) is 43.8 Å². The molecule has 1 aromatic rings. The molecule has 0 saturated carbocycles. The normalized spacial score (nSPS) is 12.2. The number of hydrogen-bond donors (Lipinski definition) is 2. The molecule has 1 atom stereocenters. The number of nitrogen functional groups attached to an aromatic ring is 1. The van der Waals surface area contributed by atoms with Crippen LogP contribution < -0.4 is 16.0 Å². The fourth-order valence-corrected chi connectivity index (χ4v) is 1.34. The summed E-state index contributed by atoms with van der Waals surface area (Å²) in [5.41, 5.74) is 5.63. The van der Waals surface area contributed by atoms with E-state index in [9.17, 15) is 0 Å². The number of nitrogens with two attached hydrogens (primary N) is 1. The second-order valence-electron chi connectivity index (χ2n) is 3.63. The highest BCUT2D eigenvalue weighted by Crippen LogP contribution is 2.17. The van der Waals surface area contributed by atoms with Crippen molar-refractivity contribution < 1.29 is 4.74 Å². The van der Waals surface area contributed by atoms with E-state index in [4.69, 9.17) is 10.5 Å². The van der Waals surface area contributed by atoms with Crippen LogP contribution in [-0.2, 0) is 4.74 Å². The summed E-state index contributed by atoms with van der Waals surface area (Å²) in [4.78, 5) is 10.2. The number of methoxy groups -OCH3 is 1. The molecule has 0 aromatic carbocycles. The number of anilines is 3. The molecule has 0 saturated heterocycles. The van der Waals surface area contributed by atoms with Gasteiger partial charge in [-0.25, -0.2) is 0 Å². The lowest BCUT2D eigenvalue weighted by atomic mass is 10.3. The molecule has 1 aromatic heterocycles. The third kappa shape index (κ3) is 2.96. The number of likely N-dealkylation sites (N-methyl/N-ethyl adjacent to an activating group) is 1. The molecule has 6 heteroatoms. The lowest BCUT2D eigenvalue weighted by Crippen LogP contribution is -2.33. The zero-order valence-electron chi connectivity index (χ0n) is 10.2. The van der Waals surface area contributed by atoms with E-state index in [1.165, 1.54) is 0 Å². The number of hydrogen-bond acceptors (Lipinski definition) is 6. The van der Waals surface area contributed by atoms with Crippen LogP contribution in [0.25, 0.3) is 0 Å². The van der Waals surface area contributed by atoms with Crippen LogP contribution in [0.3, 0.4) is 0 Å². The van der Waals surface area contributed by atoms with Crippen LogP contribution in [0, 0.1) is 0 Å². The van der Waals surface area contributed by atoms with E-state index in [1.807, 2.05) is 18.0 Å². The number of rotatable bonds is 5. The van der Waals surface area contributed by atoms with Crippen molar-refractivity contribution in [2.45, 2.75) is 13.0 Å². The zero-order valence-corrected chi connectivity index (χ0v) is 10.2. The monoisotopic (exact) mass is 225 g/mol. The van der Waals surface area contributed by atoms with E-state index in [0.29, 0.717) is 12.4 Å². The summed E-state index contributed by atoms with van der Waals surface area (Å²) in [6.45, 7) is 2.69. The second-order valence-corrected chi connectivity index (χ2v) is 3.63. The third-order valence-electron chi connectivity index (χ3n) is 2.42. The van der Waals surface area contributed by atoms with Gasteiger partial charge in [-0.1, -0.05) is 0 Å². The molecular weight excluding hydrogens is 206 g/mol. The van der Waals surface area contributed by atoms with Crippen LogP contribution in [0.2, 0.25) is 0 Å². The molecule has 16 heavy (non-hydrogen) atoms. The Kier molecular flexibility index (Phi) is 4.30. The minimum absolute atomic E-state index is 0.226. The van der Waals surface area contributed by atoms with Gasteiger partial charge in [0.15, 0.2) is 0 Å². The fourth-order valence-electron chi connectivity index (χ4n) is 1.34. The van der Waals surface area contributed by atoms with E-state index in [2.05, 4.69) is 22.2 Å². The van der Waals surface area contributed by atoms with Crippen molar-refractivity contribution in [3.63, 3.8) is 0 Å². The first-order valence-electron chi connectivity index (χ1n) is 5.12. The predicted molar refractivity (Wildman–Crippen MR) is 65.7 cm³/mol. The molecule has 0 radical (unpaired) electrons. The number of aromatic nitrogens is 2. The lowest BCUT2D eigenvalue weighted by Gasteiger charge is -2.25. The van der Waals surface area contributed by atoms with Crippen molar-refractivity contribution in [3.8, 4) is 0 Å². The van der Waals surface area contributed by atoms with Crippen molar-refractivity contribution >= 4 is 17.6 Å². The Hall–Kier alpha value is -1.56. The standard InChI is InChI=1S/C10H19N5O/c1-7(6-16-4)15(3)9-5-8(12-2)13-10(11)14-9/h5,7H,6H2,1-4H3,(H3,11,12,13,14). The second kappa shape index (κ2) is 5.50. The van der Waals surface area contributed by atoms with Gasteiger partial charge < -0.3 is 20.7 Å². The first kappa shape index (κ1) is 12.5. The van der Waals surface area contributed by atoms with Crippen molar-refractivity contribution in [2.24, 2.45) is 0 Å². The van der Waals surface area contributed by atoms with Gasteiger partial charge in [-0.15, -0.1) is 0 Å². The third-order valence-corrected chi connectivity index (χ3v) is 2.42. The molecule has 3 N–H and O–H groups in total. The molecule has 1 rings (SSSR count). The van der Waals surface area contributed by atoms with Gasteiger partial charge in [0, 0.05) is 27.3 Å². The van der Waals surface area contributed by atoms with E-state index < -0.39 is 0 Å². The maximum absolute atomic E-state index is 5.63. The van der Waals surface area contributed by atoms with Gasteiger partial charge in [0.1, 0.15) is 11.6 Å². The largest absolute Gasteiger partial charge is 0.383 e. The zero-order chi connectivity index (χ0) is 12.1. The molecule has 0 spiro atoms. The maximum atomic E-state index is 5.63. The summed E-state index contributed by atoms with van der Waals surface area (Å²) in [5.74, 6) is 1.75. The Morgan fingerprint density at radius 3 is 2.81 bits per heavy atom. The lowest BCUT2D eigenvalue weighted by molar-refractivity contribution is 0.183. The van der Waals surface area contributed by atoms with Crippen molar-refractivity contribution in [1.82, 2.24) is 9.97 Å². The Bertz CT molecular complexity index is 344. The van der Waals surface area contributed by atoms with Crippen LogP contribution in [0.1, 0.15) is 6.92 Å². The first-order chi connectivity index (χ1) is 7.58. The molecule has 0 bridgehead atoms. The molecule has 0 aliphatic heterocycles. The highest BCUT2D eigenvalue weighted by atomic mass is 16.5. The summed E-state index contributed by atoms with van der Waals surface area (Å²) in [6.07, 6.45) is 0. The van der Waals surface area contributed by atoms with Gasteiger partial charge in [0.25, 0.3) is 0 Å². The summed E-state index contributed by atoms with van der Waals surface area (Å²) >= 11 is 0. The molecule has 0 amide bonds. The van der Waals surface area contributed by atoms with Gasteiger partial charge in [0.2, 0.25) is 5.95 Å². The fraction of sp³-hybridized carbons (Fsp3) is 0.600. The van der Waals surface area contributed by atoms with Gasteiger partial charge in [-0.2, -0.15) is 9.97 Å². The quantitative estimate of drug-likeness (QED) is 0.763. The molecule has 0 aliphatic rings. The number of ether oxygens (including phenoxy) is 1. The topological polar surface area (TPSA) is 76.3 Å². The Balaban J connectivity index is 2.89. The van der Waals surface area contributed by atoms with Crippen molar-refractivity contribution in [1.29, 1.82) is 0 Å². The van der Waals surface area contributed by atoms with E-state index >= 15 is 0 Å². The minimum Gasteiger partial charge on any atom is -0.383 e. The molecule has 0 aliphatic carbocycles. The summed E-state index contributed by atoms with van der Waals surface area (Å²) in [6, 6.07) is 2.08. The van der Waals surface area contributed by atoms with Crippen LogP contribution in [0.5, 0.6) is 0 Å². The Morgan fingerprint density at radius 2 is 2.25 bits per heavy atom. The van der Waals surface area contributed by atoms with E-state index in [1.54, 1.807) is 14.2 Å². The first-order valence-corrected chi connectivity index (χ1v) is 5.12. The minimum atomic E-state index is 0.226. The smallest absolute Gasteiger partial charge is 0.223 e.